The lowest BCUT2D eigenvalue weighted by Gasteiger charge is -2.25. The van der Waals surface area contributed by atoms with E-state index in [-0.39, 0.29) is 0 Å². The molecule has 1 N–H and O–H groups in total. The van der Waals surface area contributed by atoms with Crippen molar-refractivity contribution in [2.45, 2.75) is 51.5 Å². The van der Waals surface area contributed by atoms with E-state index in [1.54, 1.807) is 0 Å². The lowest BCUT2D eigenvalue weighted by molar-refractivity contribution is 0.303. The first-order valence-corrected chi connectivity index (χ1v) is 6.88. The largest absolute Gasteiger partial charge is 0.312 e. The molecule has 0 bridgehead atoms. The van der Waals surface area contributed by atoms with Crippen LogP contribution in [0.15, 0.2) is 6.07 Å². The maximum absolute atomic E-state index is 4.60. The number of rotatable bonds is 4. The lowest BCUT2D eigenvalue weighted by atomic mass is 9.84. The molecule has 0 amide bonds. The van der Waals surface area contributed by atoms with Gasteiger partial charge in [0.1, 0.15) is 0 Å². The van der Waals surface area contributed by atoms with Gasteiger partial charge in [-0.15, -0.1) is 0 Å². The van der Waals surface area contributed by atoms with Gasteiger partial charge in [0.15, 0.2) is 0 Å². The summed E-state index contributed by atoms with van der Waals surface area (Å²) in [6.45, 7) is 2.11. The number of hydrogen-bond acceptors (Lipinski definition) is 2. The molecule has 96 valence electrons. The summed E-state index contributed by atoms with van der Waals surface area (Å²) in [4.78, 5) is 0. The van der Waals surface area contributed by atoms with Crippen LogP contribution < -0.4 is 5.32 Å². The smallest absolute Gasteiger partial charge is 0.0796 e. The Morgan fingerprint density at radius 1 is 1.41 bits per heavy atom. The van der Waals surface area contributed by atoms with Crippen molar-refractivity contribution in [2.24, 2.45) is 13.0 Å². The van der Waals surface area contributed by atoms with Gasteiger partial charge in [0.2, 0.25) is 0 Å². The standard InChI is InChI=1S/C14H25N3/c1-11-9-14(16-17(11)3)13(15-2)10-12-7-5-4-6-8-12/h9,12-13,15H,4-8,10H2,1-3H3. The first-order valence-electron chi connectivity index (χ1n) is 6.88. The number of aryl methyl sites for hydroxylation is 2. The van der Waals surface area contributed by atoms with Gasteiger partial charge in [-0.05, 0) is 32.4 Å². The van der Waals surface area contributed by atoms with E-state index in [0.717, 1.165) is 5.92 Å². The zero-order valence-electron chi connectivity index (χ0n) is 11.4. The van der Waals surface area contributed by atoms with Crippen molar-refractivity contribution in [2.75, 3.05) is 7.05 Å². The highest BCUT2D eigenvalue weighted by molar-refractivity contribution is 5.12. The minimum atomic E-state index is 0.429. The molecule has 3 nitrogen and oxygen atoms in total. The lowest BCUT2D eigenvalue weighted by Crippen LogP contribution is -2.21. The summed E-state index contributed by atoms with van der Waals surface area (Å²) in [5.74, 6) is 0.892. The van der Waals surface area contributed by atoms with Gasteiger partial charge >= 0.3 is 0 Å². The van der Waals surface area contributed by atoms with Gasteiger partial charge in [-0.2, -0.15) is 5.10 Å². The molecule has 1 aliphatic carbocycles. The molecule has 1 aromatic rings. The summed E-state index contributed by atoms with van der Waals surface area (Å²) < 4.78 is 1.97. The molecule has 0 spiro atoms. The van der Waals surface area contributed by atoms with Crippen LogP contribution in [0, 0.1) is 12.8 Å². The van der Waals surface area contributed by atoms with Crippen molar-refractivity contribution in [3.63, 3.8) is 0 Å². The van der Waals surface area contributed by atoms with Gasteiger partial charge in [0, 0.05) is 12.7 Å². The summed E-state index contributed by atoms with van der Waals surface area (Å²) in [5.41, 5.74) is 2.45. The highest BCUT2D eigenvalue weighted by Gasteiger charge is 2.21. The number of hydrogen-bond donors (Lipinski definition) is 1. The van der Waals surface area contributed by atoms with Crippen molar-refractivity contribution < 1.29 is 0 Å². The predicted octanol–water partition coefficient (Wildman–Crippen LogP) is 2.96. The van der Waals surface area contributed by atoms with E-state index in [0.29, 0.717) is 6.04 Å². The number of aromatic nitrogens is 2. The van der Waals surface area contributed by atoms with Gasteiger partial charge in [0.05, 0.1) is 11.7 Å². The molecule has 0 radical (unpaired) electrons. The van der Waals surface area contributed by atoms with Crippen LogP contribution in [0.2, 0.25) is 0 Å². The summed E-state index contributed by atoms with van der Waals surface area (Å²) >= 11 is 0. The molecule has 2 rings (SSSR count). The molecule has 1 saturated carbocycles. The second-order valence-corrected chi connectivity index (χ2v) is 5.42. The highest BCUT2D eigenvalue weighted by atomic mass is 15.3. The number of nitrogens with one attached hydrogen (secondary N) is 1. The van der Waals surface area contributed by atoms with Gasteiger partial charge in [-0.1, -0.05) is 32.1 Å². The van der Waals surface area contributed by atoms with Gasteiger partial charge in [-0.3, -0.25) is 4.68 Å². The quantitative estimate of drug-likeness (QED) is 0.869. The summed E-state index contributed by atoms with van der Waals surface area (Å²) in [5, 5.41) is 8.03. The maximum atomic E-state index is 4.60. The average molecular weight is 235 g/mol. The molecule has 0 aliphatic heterocycles. The minimum Gasteiger partial charge on any atom is -0.312 e. The van der Waals surface area contributed by atoms with Crippen molar-refractivity contribution in [1.82, 2.24) is 15.1 Å². The zero-order valence-corrected chi connectivity index (χ0v) is 11.4. The molecule has 3 heteroatoms. The van der Waals surface area contributed by atoms with Crippen LogP contribution in [0.3, 0.4) is 0 Å². The molecule has 1 aliphatic rings. The zero-order chi connectivity index (χ0) is 12.3. The topological polar surface area (TPSA) is 29.9 Å². The van der Waals surface area contributed by atoms with Crippen LogP contribution in [0.1, 0.15) is 56.0 Å². The Morgan fingerprint density at radius 3 is 2.65 bits per heavy atom. The number of nitrogens with zero attached hydrogens (tertiary/aromatic N) is 2. The van der Waals surface area contributed by atoms with E-state index in [4.69, 9.17) is 0 Å². The fourth-order valence-electron chi connectivity index (χ4n) is 2.90. The summed E-state index contributed by atoms with van der Waals surface area (Å²) in [6, 6.07) is 2.64. The fourth-order valence-corrected chi connectivity index (χ4v) is 2.90. The monoisotopic (exact) mass is 235 g/mol. The molecule has 1 atom stereocenters. The Balaban J connectivity index is 2.00. The van der Waals surface area contributed by atoms with Crippen molar-refractivity contribution in [1.29, 1.82) is 0 Å². The van der Waals surface area contributed by atoms with E-state index >= 15 is 0 Å². The van der Waals surface area contributed by atoms with E-state index < -0.39 is 0 Å². The SMILES string of the molecule is CNC(CC1CCCCC1)c1cc(C)n(C)n1. The molecule has 1 heterocycles. The highest BCUT2D eigenvalue weighted by Crippen LogP contribution is 2.31. The average Bonchev–Trinajstić information content (AvgIpc) is 2.68. The maximum Gasteiger partial charge on any atom is 0.0796 e. The Morgan fingerprint density at radius 2 is 2.12 bits per heavy atom. The molecular formula is C14H25N3. The van der Waals surface area contributed by atoms with Gasteiger partial charge in [0.25, 0.3) is 0 Å². The third kappa shape index (κ3) is 3.09. The van der Waals surface area contributed by atoms with Crippen molar-refractivity contribution in [3.05, 3.63) is 17.5 Å². The second-order valence-electron chi connectivity index (χ2n) is 5.42. The third-order valence-electron chi connectivity index (χ3n) is 4.13. The van der Waals surface area contributed by atoms with Gasteiger partial charge in [-0.25, -0.2) is 0 Å². The summed E-state index contributed by atoms with van der Waals surface area (Å²) in [7, 11) is 4.07. The Bertz CT molecular complexity index is 331. The third-order valence-corrected chi connectivity index (χ3v) is 4.13. The van der Waals surface area contributed by atoms with Crippen LogP contribution in [0.5, 0.6) is 0 Å². The van der Waals surface area contributed by atoms with Crippen LogP contribution in [0.25, 0.3) is 0 Å². The summed E-state index contributed by atoms with van der Waals surface area (Å²) in [6.07, 6.45) is 8.33. The molecular weight excluding hydrogens is 210 g/mol. The molecule has 1 fully saturated rings. The first kappa shape index (κ1) is 12.6. The normalized spacial score (nSPS) is 19.5. The van der Waals surface area contributed by atoms with Crippen molar-refractivity contribution >= 4 is 0 Å². The predicted molar refractivity (Wildman–Crippen MR) is 70.9 cm³/mol. The second kappa shape index (κ2) is 5.67. The first-order chi connectivity index (χ1) is 8.20. The van der Waals surface area contributed by atoms with Crippen LogP contribution in [0.4, 0.5) is 0 Å². The molecule has 17 heavy (non-hydrogen) atoms. The van der Waals surface area contributed by atoms with Crippen LogP contribution in [-0.4, -0.2) is 16.8 Å². The fraction of sp³-hybridized carbons (Fsp3) is 0.786. The van der Waals surface area contributed by atoms with Crippen molar-refractivity contribution in [3.8, 4) is 0 Å². The molecule has 1 aromatic heterocycles. The van der Waals surface area contributed by atoms with E-state index in [1.165, 1.54) is 49.9 Å². The van der Waals surface area contributed by atoms with E-state index in [9.17, 15) is 0 Å². The molecule has 1 unspecified atom stereocenters. The van der Waals surface area contributed by atoms with Gasteiger partial charge < -0.3 is 5.32 Å². The van der Waals surface area contributed by atoms with E-state index in [2.05, 4.69) is 30.5 Å². The van der Waals surface area contributed by atoms with Crippen LogP contribution in [-0.2, 0) is 7.05 Å². The Hall–Kier alpha value is -0.830. The molecule has 0 saturated heterocycles. The Labute approximate surface area is 105 Å². The Kier molecular flexibility index (Phi) is 4.21. The minimum absolute atomic E-state index is 0.429. The van der Waals surface area contributed by atoms with Crippen LogP contribution >= 0.6 is 0 Å². The van der Waals surface area contributed by atoms with E-state index in [1.807, 2.05) is 11.7 Å². The molecule has 0 aromatic carbocycles.